The molecule has 1 saturated heterocycles. The molecule has 2 heterocycles. The molecule has 1 aliphatic heterocycles. The minimum absolute atomic E-state index is 0.165. The number of benzene rings is 1. The number of aryl methyl sites for hydroxylation is 2. The molecule has 1 amide bonds. The first-order valence-corrected chi connectivity index (χ1v) is 10.8. The summed E-state index contributed by atoms with van der Waals surface area (Å²) in [7, 11) is 2.17. The van der Waals surface area contributed by atoms with Crippen LogP contribution in [-0.2, 0) is 11.2 Å². The van der Waals surface area contributed by atoms with Crippen molar-refractivity contribution in [1.29, 1.82) is 0 Å². The lowest BCUT2D eigenvalue weighted by Crippen LogP contribution is -2.48. The Labute approximate surface area is 167 Å². The van der Waals surface area contributed by atoms with E-state index in [0.29, 0.717) is 19.0 Å². The number of amides is 1. The molecule has 146 valence electrons. The molecule has 0 saturated carbocycles. The Morgan fingerprint density at radius 3 is 2.56 bits per heavy atom. The van der Waals surface area contributed by atoms with Crippen molar-refractivity contribution in [3.63, 3.8) is 0 Å². The summed E-state index contributed by atoms with van der Waals surface area (Å²) in [6, 6.07) is 13.2. The van der Waals surface area contributed by atoms with Crippen LogP contribution in [0.4, 0.5) is 0 Å². The Bertz CT molecular complexity index is 691. The third-order valence-electron chi connectivity index (χ3n) is 5.33. The van der Waals surface area contributed by atoms with Gasteiger partial charge in [-0.1, -0.05) is 35.9 Å². The monoisotopic (exact) mass is 385 g/mol. The number of piperazine rings is 1. The molecule has 0 aliphatic carbocycles. The summed E-state index contributed by atoms with van der Waals surface area (Å²) >= 11 is 1.79. The summed E-state index contributed by atoms with van der Waals surface area (Å²) in [6.07, 6.45) is 2.45. The molecule has 0 bridgehead atoms. The Morgan fingerprint density at radius 2 is 1.89 bits per heavy atom. The van der Waals surface area contributed by atoms with Gasteiger partial charge in [-0.2, -0.15) is 0 Å². The van der Waals surface area contributed by atoms with E-state index in [9.17, 15) is 4.79 Å². The molecule has 1 N–H and O–H groups in total. The van der Waals surface area contributed by atoms with Crippen LogP contribution >= 0.6 is 11.3 Å². The number of likely N-dealkylation sites (N-methyl/N-ethyl adjacent to an activating group) is 1. The second-order valence-electron chi connectivity index (χ2n) is 7.51. The van der Waals surface area contributed by atoms with E-state index < -0.39 is 0 Å². The highest BCUT2D eigenvalue weighted by Crippen LogP contribution is 2.25. The zero-order valence-electron chi connectivity index (χ0n) is 16.5. The van der Waals surface area contributed by atoms with Crippen molar-refractivity contribution in [1.82, 2.24) is 15.1 Å². The molecule has 0 spiro atoms. The summed E-state index contributed by atoms with van der Waals surface area (Å²) in [5, 5.41) is 5.31. The van der Waals surface area contributed by atoms with Crippen molar-refractivity contribution < 1.29 is 4.79 Å². The van der Waals surface area contributed by atoms with Crippen molar-refractivity contribution in [2.24, 2.45) is 0 Å². The molecule has 5 heteroatoms. The van der Waals surface area contributed by atoms with Gasteiger partial charge in [0.25, 0.3) is 0 Å². The number of rotatable bonds is 8. The molecule has 2 aromatic rings. The number of carbonyl (C=O) groups excluding carboxylic acids is 1. The van der Waals surface area contributed by atoms with E-state index in [1.807, 2.05) is 0 Å². The van der Waals surface area contributed by atoms with Crippen LogP contribution in [-0.4, -0.2) is 55.5 Å². The fourth-order valence-corrected chi connectivity index (χ4v) is 4.39. The number of hydrogen-bond acceptors (Lipinski definition) is 4. The van der Waals surface area contributed by atoms with Crippen LogP contribution < -0.4 is 5.32 Å². The van der Waals surface area contributed by atoms with Gasteiger partial charge in [0.15, 0.2) is 0 Å². The first-order valence-electron chi connectivity index (χ1n) is 9.90. The maximum Gasteiger partial charge on any atom is 0.220 e. The Morgan fingerprint density at radius 1 is 1.15 bits per heavy atom. The smallest absolute Gasteiger partial charge is 0.220 e. The van der Waals surface area contributed by atoms with E-state index in [2.05, 4.69) is 70.9 Å². The van der Waals surface area contributed by atoms with Gasteiger partial charge in [-0.15, -0.1) is 11.3 Å². The number of nitrogens with one attached hydrogen (secondary N) is 1. The molecule has 1 fully saturated rings. The maximum atomic E-state index is 12.4. The molecule has 4 nitrogen and oxygen atoms in total. The van der Waals surface area contributed by atoms with E-state index in [0.717, 1.165) is 39.0 Å². The van der Waals surface area contributed by atoms with Gasteiger partial charge in [-0.25, -0.2) is 0 Å². The highest BCUT2D eigenvalue weighted by molar-refractivity contribution is 7.10. The summed E-state index contributed by atoms with van der Waals surface area (Å²) in [6.45, 7) is 7.10. The normalized spacial score (nSPS) is 17.0. The van der Waals surface area contributed by atoms with Crippen LogP contribution in [0.1, 0.15) is 34.9 Å². The molecule has 0 radical (unpaired) electrons. The molecule has 1 aromatic carbocycles. The van der Waals surface area contributed by atoms with E-state index in [1.165, 1.54) is 16.0 Å². The highest BCUT2D eigenvalue weighted by atomic mass is 32.1. The standard InChI is InChI=1S/C22H31N3OS/c1-18-8-10-19(11-9-18)5-3-7-22(26)23-17-20(21-6-4-16-27-21)25-14-12-24(2)13-15-25/h4,6,8-11,16,20H,3,5,7,12-15,17H2,1-2H3,(H,23,26). The fourth-order valence-electron chi connectivity index (χ4n) is 3.53. The number of thiophene rings is 1. The second kappa shape index (κ2) is 10.0. The van der Waals surface area contributed by atoms with Gasteiger partial charge >= 0.3 is 0 Å². The van der Waals surface area contributed by atoms with Crippen molar-refractivity contribution in [2.45, 2.75) is 32.2 Å². The molecule has 3 rings (SSSR count). The lowest BCUT2D eigenvalue weighted by Gasteiger charge is -2.37. The summed E-state index contributed by atoms with van der Waals surface area (Å²) in [5.41, 5.74) is 2.59. The molecule has 1 unspecified atom stereocenters. The van der Waals surface area contributed by atoms with Gasteiger partial charge in [0, 0.05) is 44.0 Å². The predicted octanol–water partition coefficient (Wildman–Crippen LogP) is 3.48. The Kier molecular flexibility index (Phi) is 7.44. The van der Waals surface area contributed by atoms with E-state index >= 15 is 0 Å². The van der Waals surface area contributed by atoms with Crippen molar-refractivity contribution >= 4 is 17.2 Å². The maximum absolute atomic E-state index is 12.4. The van der Waals surface area contributed by atoms with Crippen LogP contribution in [0.5, 0.6) is 0 Å². The van der Waals surface area contributed by atoms with Gasteiger partial charge in [0.2, 0.25) is 5.91 Å². The second-order valence-corrected chi connectivity index (χ2v) is 8.49. The van der Waals surface area contributed by atoms with Gasteiger partial charge in [-0.3, -0.25) is 9.69 Å². The van der Waals surface area contributed by atoms with E-state index in [-0.39, 0.29) is 5.91 Å². The van der Waals surface area contributed by atoms with Gasteiger partial charge in [0.05, 0.1) is 6.04 Å². The topological polar surface area (TPSA) is 35.6 Å². The van der Waals surface area contributed by atoms with Crippen molar-refractivity contribution in [3.05, 3.63) is 57.8 Å². The minimum Gasteiger partial charge on any atom is -0.354 e. The number of hydrogen-bond donors (Lipinski definition) is 1. The van der Waals surface area contributed by atoms with Crippen LogP contribution in [0.15, 0.2) is 41.8 Å². The SMILES string of the molecule is Cc1ccc(CCCC(=O)NCC(c2cccs2)N2CCN(C)CC2)cc1. The van der Waals surface area contributed by atoms with Crippen LogP contribution in [0.3, 0.4) is 0 Å². The average Bonchev–Trinajstić information content (AvgIpc) is 3.19. The van der Waals surface area contributed by atoms with Gasteiger partial charge in [0.1, 0.15) is 0 Å². The summed E-state index contributed by atoms with van der Waals surface area (Å²) in [5.74, 6) is 0.165. The molecule has 1 aromatic heterocycles. The van der Waals surface area contributed by atoms with Crippen molar-refractivity contribution in [2.75, 3.05) is 39.8 Å². The molecule has 1 atom stereocenters. The van der Waals surface area contributed by atoms with Crippen LogP contribution in [0.2, 0.25) is 0 Å². The summed E-state index contributed by atoms with van der Waals surface area (Å²) in [4.78, 5) is 18.6. The third-order valence-corrected chi connectivity index (χ3v) is 6.31. The van der Waals surface area contributed by atoms with Crippen LogP contribution in [0, 0.1) is 6.92 Å². The molecule has 1 aliphatic rings. The molecular formula is C22H31N3OS. The molecular weight excluding hydrogens is 354 g/mol. The number of carbonyl (C=O) groups is 1. The largest absolute Gasteiger partial charge is 0.354 e. The van der Waals surface area contributed by atoms with Crippen molar-refractivity contribution in [3.8, 4) is 0 Å². The Hall–Kier alpha value is -1.69. The minimum atomic E-state index is 0.165. The fraction of sp³-hybridized carbons (Fsp3) is 0.500. The first-order chi connectivity index (χ1) is 13.1. The third kappa shape index (κ3) is 6.16. The zero-order valence-corrected chi connectivity index (χ0v) is 17.3. The first kappa shape index (κ1) is 20.1. The Balaban J connectivity index is 1.46. The van der Waals surface area contributed by atoms with Crippen LogP contribution in [0.25, 0.3) is 0 Å². The number of nitrogens with zero attached hydrogens (tertiary/aromatic N) is 2. The lowest BCUT2D eigenvalue weighted by molar-refractivity contribution is -0.121. The van der Waals surface area contributed by atoms with Gasteiger partial charge < -0.3 is 10.2 Å². The zero-order chi connectivity index (χ0) is 19.1. The summed E-state index contributed by atoms with van der Waals surface area (Å²) < 4.78 is 0. The molecule has 27 heavy (non-hydrogen) atoms. The van der Waals surface area contributed by atoms with E-state index in [4.69, 9.17) is 0 Å². The quantitative estimate of drug-likeness (QED) is 0.756. The average molecular weight is 386 g/mol. The van der Waals surface area contributed by atoms with E-state index in [1.54, 1.807) is 11.3 Å². The van der Waals surface area contributed by atoms with Gasteiger partial charge in [-0.05, 0) is 43.8 Å². The predicted molar refractivity (Wildman–Crippen MR) is 113 cm³/mol. The lowest BCUT2D eigenvalue weighted by atomic mass is 10.1. The highest BCUT2D eigenvalue weighted by Gasteiger charge is 2.24.